The summed E-state index contributed by atoms with van der Waals surface area (Å²) in [4.78, 5) is 40.2. The van der Waals surface area contributed by atoms with Crippen molar-refractivity contribution in [1.29, 1.82) is 0 Å². The third kappa shape index (κ3) is 3.69. The zero-order valence-corrected chi connectivity index (χ0v) is 16.2. The number of rotatable bonds is 3. The summed E-state index contributed by atoms with van der Waals surface area (Å²) in [6.45, 7) is 8.12. The molecule has 1 aromatic rings. The summed E-state index contributed by atoms with van der Waals surface area (Å²) in [5.74, 6) is -0.723. The maximum Gasteiger partial charge on any atom is 0.332 e. The van der Waals surface area contributed by atoms with Crippen molar-refractivity contribution in [3.8, 4) is 0 Å². The van der Waals surface area contributed by atoms with Gasteiger partial charge in [-0.05, 0) is 42.9 Å². The molecule has 7 heteroatoms. The molecule has 3 rings (SSSR count). The first-order valence-corrected chi connectivity index (χ1v) is 9.33. The van der Waals surface area contributed by atoms with E-state index in [2.05, 4.69) is 26.1 Å². The van der Waals surface area contributed by atoms with Crippen LogP contribution in [0.25, 0.3) is 0 Å². The van der Waals surface area contributed by atoms with E-state index >= 15 is 0 Å². The Kier molecular flexibility index (Phi) is 4.99. The summed E-state index contributed by atoms with van der Waals surface area (Å²) in [6, 6.07) is 6.39. The summed E-state index contributed by atoms with van der Waals surface area (Å²) in [7, 11) is 0. The largest absolute Gasteiger partial charge is 0.384 e. The van der Waals surface area contributed by atoms with Crippen LogP contribution in [0.5, 0.6) is 0 Å². The second kappa shape index (κ2) is 6.96. The van der Waals surface area contributed by atoms with Gasteiger partial charge in [-0.2, -0.15) is 0 Å². The molecule has 0 bridgehead atoms. The molecule has 1 aromatic carbocycles. The van der Waals surface area contributed by atoms with Gasteiger partial charge in [0.05, 0.1) is 5.69 Å². The Morgan fingerprint density at radius 1 is 1.22 bits per heavy atom. The van der Waals surface area contributed by atoms with Crippen LogP contribution in [0.15, 0.2) is 24.3 Å². The lowest BCUT2D eigenvalue weighted by molar-refractivity contribution is -0.130. The van der Waals surface area contributed by atoms with Crippen LogP contribution < -0.4 is 10.2 Å². The highest BCUT2D eigenvalue weighted by atomic mass is 16.3. The Hall–Kier alpha value is -2.41. The van der Waals surface area contributed by atoms with Crippen LogP contribution in [0.4, 0.5) is 10.5 Å². The molecule has 2 aliphatic heterocycles. The fraction of sp³-hybridized carbons (Fsp3) is 0.550. The number of carbonyl (C=O) groups excluding carboxylic acids is 3. The number of nitrogens with zero attached hydrogens (tertiary/aromatic N) is 2. The van der Waals surface area contributed by atoms with Crippen molar-refractivity contribution in [3.05, 3.63) is 29.8 Å². The van der Waals surface area contributed by atoms with Gasteiger partial charge < -0.3 is 15.3 Å². The van der Waals surface area contributed by atoms with Crippen molar-refractivity contribution in [2.45, 2.75) is 64.1 Å². The number of benzene rings is 1. The molecular weight excluding hydrogens is 346 g/mol. The molecule has 3 unspecified atom stereocenters. The molecule has 27 heavy (non-hydrogen) atoms. The van der Waals surface area contributed by atoms with Crippen LogP contribution in [-0.4, -0.2) is 52.6 Å². The zero-order chi connectivity index (χ0) is 19.9. The molecular formula is C20H27N3O4. The highest BCUT2D eigenvalue weighted by Crippen LogP contribution is 2.32. The van der Waals surface area contributed by atoms with E-state index in [1.807, 2.05) is 24.3 Å². The number of imide groups is 1. The average Bonchev–Trinajstić information content (AvgIpc) is 2.85. The molecule has 2 aliphatic rings. The second-order valence-electron chi connectivity index (χ2n) is 8.37. The van der Waals surface area contributed by atoms with Crippen molar-refractivity contribution in [2.75, 3.05) is 11.4 Å². The third-order valence-corrected chi connectivity index (χ3v) is 5.26. The molecule has 2 saturated heterocycles. The standard InChI is InChI=1S/C20H27N3O4/c1-12(24)17(25)21-14-9-10-22-16(11-14)18(26)23(19(22)27)15-7-5-13(6-8-15)20(2,3)4/h5-8,12,14,16,24H,9-11H2,1-4H3,(H,21,25). The first kappa shape index (κ1) is 19.4. The number of piperidine rings is 1. The molecule has 0 spiro atoms. The summed E-state index contributed by atoms with van der Waals surface area (Å²) in [5, 5.41) is 12.1. The van der Waals surface area contributed by atoms with Crippen molar-refractivity contribution < 1.29 is 19.5 Å². The molecule has 0 aromatic heterocycles. The molecule has 0 saturated carbocycles. The van der Waals surface area contributed by atoms with E-state index in [1.54, 1.807) is 4.90 Å². The van der Waals surface area contributed by atoms with Crippen molar-refractivity contribution in [2.24, 2.45) is 0 Å². The maximum absolute atomic E-state index is 12.9. The number of nitrogens with one attached hydrogen (secondary N) is 1. The Labute approximate surface area is 159 Å². The van der Waals surface area contributed by atoms with Gasteiger partial charge >= 0.3 is 6.03 Å². The second-order valence-corrected chi connectivity index (χ2v) is 8.37. The SMILES string of the molecule is CC(O)C(=O)NC1CCN2C(=O)N(c3ccc(C(C)(C)C)cc3)C(=O)C2C1. The highest BCUT2D eigenvalue weighted by Gasteiger charge is 2.48. The van der Waals surface area contributed by atoms with Gasteiger partial charge in [-0.25, -0.2) is 9.69 Å². The lowest BCUT2D eigenvalue weighted by atomic mass is 9.87. The minimum atomic E-state index is -1.10. The predicted octanol–water partition coefficient (Wildman–Crippen LogP) is 1.78. The molecule has 2 heterocycles. The normalized spacial score (nSPS) is 24.0. The van der Waals surface area contributed by atoms with Gasteiger partial charge in [0.1, 0.15) is 12.1 Å². The molecule has 2 N–H and O–H groups in total. The molecule has 146 valence electrons. The molecule has 3 atom stereocenters. The van der Waals surface area contributed by atoms with Gasteiger partial charge in [0, 0.05) is 12.6 Å². The average molecular weight is 373 g/mol. The van der Waals surface area contributed by atoms with E-state index in [1.165, 1.54) is 11.8 Å². The number of anilines is 1. The van der Waals surface area contributed by atoms with Crippen molar-refractivity contribution in [1.82, 2.24) is 10.2 Å². The highest BCUT2D eigenvalue weighted by molar-refractivity contribution is 6.21. The van der Waals surface area contributed by atoms with Crippen LogP contribution in [0.3, 0.4) is 0 Å². The molecule has 4 amide bonds. The maximum atomic E-state index is 12.9. The fourth-order valence-electron chi connectivity index (χ4n) is 3.60. The first-order chi connectivity index (χ1) is 12.6. The Bertz CT molecular complexity index is 751. The lowest BCUT2D eigenvalue weighted by Gasteiger charge is -2.33. The number of carbonyl (C=O) groups is 3. The van der Waals surface area contributed by atoms with Crippen LogP contribution in [0.2, 0.25) is 0 Å². The summed E-state index contributed by atoms with van der Waals surface area (Å²) < 4.78 is 0. The number of aliphatic hydroxyl groups is 1. The van der Waals surface area contributed by atoms with Crippen molar-refractivity contribution >= 4 is 23.5 Å². The van der Waals surface area contributed by atoms with Gasteiger partial charge in [-0.1, -0.05) is 32.9 Å². The monoisotopic (exact) mass is 373 g/mol. The number of fused-ring (bicyclic) bond motifs is 1. The summed E-state index contributed by atoms with van der Waals surface area (Å²) in [5.41, 5.74) is 1.69. The molecule has 0 radical (unpaired) electrons. The molecule has 0 aliphatic carbocycles. The van der Waals surface area contributed by atoms with Gasteiger partial charge in [0.15, 0.2) is 0 Å². The number of amides is 4. The Balaban J connectivity index is 1.76. The van der Waals surface area contributed by atoms with Gasteiger partial charge in [-0.15, -0.1) is 0 Å². The van der Waals surface area contributed by atoms with E-state index in [0.29, 0.717) is 25.1 Å². The van der Waals surface area contributed by atoms with Gasteiger partial charge in [-0.3, -0.25) is 9.59 Å². The van der Waals surface area contributed by atoms with E-state index in [9.17, 15) is 19.5 Å². The zero-order valence-electron chi connectivity index (χ0n) is 16.2. The molecule has 2 fully saturated rings. The van der Waals surface area contributed by atoms with Gasteiger partial charge in [0.2, 0.25) is 5.91 Å². The number of aliphatic hydroxyl groups excluding tert-OH is 1. The predicted molar refractivity (Wildman–Crippen MR) is 101 cm³/mol. The van der Waals surface area contributed by atoms with Crippen molar-refractivity contribution in [3.63, 3.8) is 0 Å². The Morgan fingerprint density at radius 3 is 2.41 bits per heavy atom. The molecule has 7 nitrogen and oxygen atoms in total. The quantitative estimate of drug-likeness (QED) is 0.791. The van der Waals surface area contributed by atoms with Crippen LogP contribution in [0, 0.1) is 0 Å². The third-order valence-electron chi connectivity index (χ3n) is 5.26. The Morgan fingerprint density at radius 2 is 1.85 bits per heavy atom. The fourth-order valence-corrected chi connectivity index (χ4v) is 3.60. The topological polar surface area (TPSA) is 89.9 Å². The summed E-state index contributed by atoms with van der Waals surface area (Å²) in [6.07, 6.45) is -0.175. The van der Waals surface area contributed by atoms with E-state index < -0.39 is 18.1 Å². The number of hydrogen-bond acceptors (Lipinski definition) is 4. The van der Waals surface area contributed by atoms with Crippen LogP contribution >= 0.6 is 0 Å². The van der Waals surface area contributed by atoms with E-state index in [4.69, 9.17) is 0 Å². The van der Waals surface area contributed by atoms with E-state index in [0.717, 1.165) is 5.56 Å². The van der Waals surface area contributed by atoms with Gasteiger partial charge in [0.25, 0.3) is 5.91 Å². The minimum absolute atomic E-state index is 0.00961. The first-order valence-electron chi connectivity index (χ1n) is 9.33. The van der Waals surface area contributed by atoms with Crippen LogP contribution in [-0.2, 0) is 15.0 Å². The lowest BCUT2D eigenvalue weighted by Crippen LogP contribution is -2.51. The smallest absolute Gasteiger partial charge is 0.332 e. The number of hydrogen-bond donors (Lipinski definition) is 2. The van der Waals surface area contributed by atoms with Crippen LogP contribution in [0.1, 0.15) is 46.1 Å². The number of urea groups is 1. The van der Waals surface area contributed by atoms with E-state index in [-0.39, 0.29) is 23.4 Å². The minimum Gasteiger partial charge on any atom is -0.384 e. The summed E-state index contributed by atoms with van der Waals surface area (Å²) >= 11 is 0.